The molecule has 0 radical (unpaired) electrons. The van der Waals surface area contributed by atoms with Gasteiger partial charge in [-0.2, -0.15) is 0 Å². The number of rotatable bonds is 3. The molecule has 1 heterocycles. The second kappa shape index (κ2) is 4.44. The molecule has 1 aliphatic carbocycles. The van der Waals surface area contributed by atoms with Crippen molar-refractivity contribution in [1.82, 2.24) is 9.97 Å². The molecular weight excluding hydrogens is 192 g/mol. The van der Waals surface area contributed by atoms with E-state index in [1.807, 2.05) is 0 Å². The zero-order valence-electron chi connectivity index (χ0n) is 8.56. The fraction of sp³-hybridized carbons (Fsp3) is 0.600. The van der Waals surface area contributed by atoms with Gasteiger partial charge in [0.1, 0.15) is 11.6 Å². The second-order valence-corrected chi connectivity index (χ2v) is 3.95. The minimum absolute atomic E-state index is 0.230. The molecule has 0 amide bonds. The molecule has 0 aliphatic heterocycles. The molecule has 4 N–H and O–H groups in total. The summed E-state index contributed by atoms with van der Waals surface area (Å²) in [5.74, 6) is 1.44. The number of hydrogen-bond donors (Lipinski definition) is 3. The summed E-state index contributed by atoms with van der Waals surface area (Å²) >= 11 is 0. The average Bonchev–Trinajstić information content (AvgIpc) is 2.65. The Kier molecular flexibility index (Phi) is 3.01. The van der Waals surface area contributed by atoms with E-state index in [4.69, 9.17) is 10.8 Å². The fourth-order valence-electron chi connectivity index (χ4n) is 2.09. The number of hydrogen-bond acceptors (Lipinski definition) is 5. The predicted molar refractivity (Wildman–Crippen MR) is 58.3 cm³/mol. The predicted octanol–water partition coefficient (Wildman–Crippen LogP) is 0.632. The summed E-state index contributed by atoms with van der Waals surface area (Å²) in [5, 5.41) is 12.4. The highest BCUT2D eigenvalue weighted by atomic mass is 16.3. The molecule has 15 heavy (non-hydrogen) atoms. The number of aliphatic hydroxyl groups is 1. The fourth-order valence-corrected chi connectivity index (χ4v) is 2.09. The first-order valence-electron chi connectivity index (χ1n) is 5.24. The van der Waals surface area contributed by atoms with Crippen LogP contribution in [0, 0.1) is 5.92 Å². The summed E-state index contributed by atoms with van der Waals surface area (Å²) in [6.07, 6.45) is 6.47. The molecule has 82 valence electrons. The number of nitrogens with one attached hydrogen (secondary N) is 1. The summed E-state index contributed by atoms with van der Waals surface area (Å²) in [6, 6.07) is 0.297. The van der Waals surface area contributed by atoms with Crippen LogP contribution in [0.4, 0.5) is 11.6 Å². The van der Waals surface area contributed by atoms with Gasteiger partial charge in [0.2, 0.25) is 0 Å². The second-order valence-electron chi connectivity index (χ2n) is 3.95. The number of nitrogen functional groups attached to an aromatic ring is 1. The van der Waals surface area contributed by atoms with Crippen LogP contribution in [0.2, 0.25) is 0 Å². The highest BCUT2D eigenvalue weighted by molar-refractivity contribution is 5.39. The van der Waals surface area contributed by atoms with Gasteiger partial charge >= 0.3 is 0 Å². The third-order valence-electron chi connectivity index (χ3n) is 2.88. The largest absolute Gasteiger partial charge is 0.396 e. The van der Waals surface area contributed by atoms with E-state index in [0.717, 1.165) is 19.3 Å². The molecule has 0 spiro atoms. The summed E-state index contributed by atoms with van der Waals surface area (Å²) < 4.78 is 0. The van der Waals surface area contributed by atoms with Gasteiger partial charge in [-0.05, 0) is 12.8 Å². The van der Waals surface area contributed by atoms with Crippen LogP contribution >= 0.6 is 0 Å². The molecule has 0 bridgehead atoms. The maximum absolute atomic E-state index is 9.17. The Labute approximate surface area is 88.7 Å². The number of aliphatic hydroxyl groups excluding tert-OH is 1. The first-order valence-corrected chi connectivity index (χ1v) is 5.24. The van der Waals surface area contributed by atoms with E-state index in [9.17, 15) is 0 Å². The van der Waals surface area contributed by atoms with E-state index < -0.39 is 0 Å². The minimum Gasteiger partial charge on any atom is -0.396 e. The van der Waals surface area contributed by atoms with Crippen LogP contribution in [-0.2, 0) is 0 Å². The molecule has 2 atom stereocenters. The van der Waals surface area contributed by atoms with Crippen molar-refractivity contribution in [3.63, 3.8) is 0 Å². The van der Waals surface area contributed by atoms with Gasteiger partial charge in [0.15, 0.2) is 0 Å². The number of anilines is 2. The van der Waals surface area contributed by atoms with E-state index in [1.54, 1.807) is 6.20 Å². The van der Waals surface area contributed by atoms with Crippen LogP contribution in [0.3, 0.4) is 0 Å². The van der Waals surface area contributed by atoms with Crippen molar-refractivity contribution in [2.24, 2.45) is 5.92 Å². The van der Waals surface area contributed by atoms with Crippen molar-refractivity contribution in [2.45, 2.75) is 25.3 Å². The third-order valence-corrected chi connectivity index (χ3v) is 2.88. The Balaban J connectivity index is 2.02. The molecular formula is C10H16N4O. The van der Waals surface area contributed by atoms with E-state index in [2.05, 4.69) is 15.3 Å². The molecule has 0 aromatic carbocycles. The zero-order valence-corrected chi connectivity index (χ0v) is 8.56. The third kappa shape index (κ3) is 2.36. The normalized spacial score (nSPS) is 25.4. The minimum atomic E-state index is 0.230. The molecule has 1 saturated carbocycles. The lowest BCUT2D eigenvalue weighted by Crippen LogP contribution is -2.26. The molecule has 1 fully saturated rings. The van der Waals surface area contributed by atoms with E-state index in [0.29, 0.717) is 23.6 Å². The molecule has 5 nitrogen and oxygen atoms in total. The van der Waals surface area contributed by atoms with Crippen molar-refractivity contribution < 1.29 is 5.11 Å². The molecule has 5 heteroatoms. The number of nitrogens with zero attached hydrogens (tertiary/aromatic N) is 2. The van der Waals surface area contributed by atoms with Gasteiger partial charge in [-0.25, -0.2) is 4.98 Å². The van der Waals surface area contributed by atoms with E-state index in [-0.39, 0.29) is 6.61 Å². The lowest BCUT2D eigenvalue weighted by atomic mass is 10.1. The van der Waals surface area contributed by atoms with Crippen LogP contribution in [0.25, 0.3) is 0 Å². The van der Waals surface area contributed by atoms with Crippen molar-refractivity contribution in [2.75, 3.05) is 17.7 Å². The van der Waals surface area contributed by atoms with Gasteiger partial charge in [0.25, 0.3) is 0 Å². The Bertz CT molecular complexity index is 331. The lowest BCUT2D eigenvalue weighted by molar-refractivity contribution is 0.222. The Morgan fingerprint density at radius 2 is 2.33 bits per heavy atom. The quantitative estimate of drug-likeness (QED) is 0.678. The SMILES string of the molecule is Nc1cncc(NC2CCCC2CO)n1. The molecule has 2 unspecified atom stereocenters. The smallest absolute Gasteiger partial charge is 0.147 e. The van der Waals surface area contributed by atoms with Gasteiger partial charge in [-0.15, -0.1) is 0 Å². The van der Waals surface area contributed by atoms with Crippen LogP contribution in [0.15, 0.2) is 12.4 Å². The molecule has 2 rings (SSSR count). The summed E-state index contributed by atoms with van der Waals surface area (Å²) in [6.45, 7) is 0.230. The van der Waals surface area contributed by atoms with Crippen molar-refractivity contribution in [3.05, 3.63) is 12.4 Å². The van der Waals surface area contributed by atoms with Gasteiger partial charge in [-0.3, -0.25) is 4.98 Å². The number of aromatic nitrogens is 2. The van der Waals surface area contributed by atoms with Gasteiger partial charge in [0, 0.05) is 18.6 Å². The van der Waals surface area contributed by atoms with Gasteiger partial charge in [-0.1, -0.05) is 6.42 Å². The first kappa shape index (κ1) is 10.2. The number of nitrogens with two attached hydrogens (primary N) is 1. The molecule has 1 aromatic rings. The standard InChI is InChI=1S/C10H16N4O/c11-9-4-12-5-10(14-9)13-8-3-1-2-7(8)6-15/h4-5,7-8,15H,1-3,6H2,(H3,11,13,14). The first-order chi connectivity index (χ1) is 7.29. The average molecular weight is 208 g/mol. The van der Waals surface area contributed by atoms with Crippen LogP contribution < -0.4 is 11.1 Å². The molecule has 1 aliphatic rings. The topological polar surface area (TPSA) is 84.1 Å². The van der Waals surface area contributed by atoms with Crippen molar-refractivity contribution in [1.29, 1.82) is 0 Å². The van der Waals surface area contributed by atoms with Crippen LogP contribution in [0.1, 0.15) is 19.3 Å². The Morgan fingerprint density at radius 1 is 1.47 bits per heavy atom. The highest BCUT2D eigenvalue weighted by Crippen LogP contribution is 2.27. The highest BCUT2D eigenvalue weighted by Gasteiger charge is 2.26. The summed E-state index contributed by atoms with van der Waals surface area (Å²) in [7, 11) is 0. The molecule has 0 saturated heterocycles. The lowest BCUT2D eigenvalue weighted by Gasteiger charge is -2.19. The van der Waals surface area contributed by atoms with Gasteiger partial charge < -0.3 is 16.2 Å². The summed E-state index contributed by atoms with van der Waals surface area (Å²) in [4.78, 5) is 8.09. The van der Waals surface area contributed by atoms with Crippen LogP contribution in [-0.4, -0.2) is 27.7 Å². The Morgan fingerprint density at radius 3 is 3.07 bits per heavy atom. The Hall–Kier alpha value is -1.36. The van der Waals surface area contributed by atoms with Crippen molar-refractivity contribution in [3.8, 4) is 0 Å². The zero-order chi connectivity index (χ0) is 10.7. The maximum Gasteiger partial charge on any atom is 0.147 e. The molecule has 1 aromatic heterocycles. The van der Waals surface area contributed by atoms with Crippen molar-refractivity contribution >= 4 is 11.6 Å². The van der Waals surface area contributed by atoms with E-state index >= 15 is 0 Å². The van der Waals surface area contributed by atoms with Crippen LogP contribution in [0.5, 0.6) is 0 Å². The summed E-state index contributed by atoms with van der Waals surface area (Å²) in [5.41, 5.74) is 5.54. The maximum atomic E-state index is 9.17. The van der Waals surface area contributed by atoms with Gasteiger partial charge in [0.05, 0.1) is 12.4 Å². The van der Waals surface area contributed by atoms with E-state index in [1.165, 1.54) is 6.20 Å². The monoisotopic (exact) mass is 208 g/mol.